The first-order valence-electron chi connectivity index (χ1n) is 8.19. The van der Waals surface area contributed by atoms with Gasteiger partial charge >= 0.3 is 12.0 Å². The number of hydrogen-bond donors (Lipinski definition) is 1. The summed E-state index contributed by atoms with van der Waals surface area (Å²) in [4.78, 5) is 25.9. The summed E-state index contributed by atoms with van der Waals surface area (Å²) in [7, 11) is 1.31. The SMILES string of the molecule is COC(=O)c1ccc2c(c1)[C@H]1C[C@@](C)(O2)N(c2cccc(F)c2)C(=O)N1. The monoisotopic (exact) mass is 356 g/mol. The predicted molar refractivity (Wildman–Crippen MR) is 91.6 cm³/mol. The third-order valence-corrected chi connectivity index (χ3v) is 4.76. The third kappa shape index (κ3) is 2.47. The van der Waals surface area contributed by atoms with Gasteiger partial charge in [-0.25, -0.2) is 14.0 Å². The van der Waals surface area contributed by atoms with Crippen molar-refractivity contribution in [2.24, 2.45) is 0 Å². The second-order valence-corrected chi connectivity index (χ2v) is 6.54. The average molecular weight is 356 g/mol. The smallest absolute Gasteiger partial charge is 0.337 e. The molecule has 2 aromatic carbocycles. The molecule has 2 aliphatic rings. The van der Waals surface area contributed by atoms with E-state index in [2.05, 4.69) is 5.32 Å². The second-order valence-electron chi connectivity index (χ2n) is 6.54. The number of nitrogens with zero attached hydrogens (tertiary/aromatic N) is 1. The van der Waals surface area contributed by atoms with E-state index in [1.54, 1.807) is 37.3 Å². The van der Waals surface area contributed by atoms with Crippen LogP contribution in [0.15, 0.2) is 42.5 Å². The van der Waals surface area contributed by atoms with Crippen LogP contribution in [0.5, 0.6) is 5.75 Å². The highest BCUT2D eigenvalue weighted by Gasteiger charge is 2.50. The van der Waals surface area contributed by atoms with E-state index in [1.807, 2.05) is 0 Å². The Kier molecular flexibility index (Phi) is 3.61. The molecule has 1 fully saturated rings. The highest BCUT2D eigenvalue weighted by Crippen LogP contribution is 2.45. The molecule has 2 amide bonds. The lowest BCUT2D eigenvalue weighted by Crippen LogP contribution is -2.65. The summed E-state index contributed by atoms with van der Waals surface area (Å²) in [6, 6.07) is 10.1. The largest absolute Gasteiger partial charge is 0.467 e. The van der Waals surface area contributed by atoms with Crippen molar-refractivity contribution < 1.29 is 23.5 Å². The van der Waals surface area contributed by atoms with Crippen LogP contribution in [-0.4, -0.2) is 24.8 Å². The van der Waals surface area contributed by atoms with Gasteiger partial charge in [-0.3, -0.25) is 4.90 Å². The van der Waals surface area contributed by atoms with Crippen molar-refractivity contribution in [2.75, 3.05) is 12.0 Å². The van der Waals surface area contributed by atoms with Crippen molar-refractivity contribution >= 4 is 17.7 Å². The number of nitrogens with one attached hydrogen (secondary N) is 1. The fourth-order valence-electron chi connectivity index (χ4n) is 3.63. The van der Waals surface area contributed by atoms with Gasteiger partial charge in [0.15, 0.2) is 5.72 Å². The molecule has 0 aliphatic carbocycles. The van der Waals surface area contributed by atoms with Crippen molar-refractivity contribution in [3.8, 4) is 5.75 Å². The molecule has 6 nitrogen and oxygen atoms in total. The van der Waals surface area contributed by atoms with E-state index < -0.39 is 17.5 Å². The van der Waals surface area contributed by atoms with Crippen molar-refractivity contribution in [1.82, 2.24) is 5.32 Å². The normalized spacial score (nSPS) is 23.6. The van der Waals surface area contributed by atoms with Gasteiger partial charge in [0.25, 0.3) is 0 Å². The zero-order valence-electron chi connectivity index (χ0n) is 14.3. The number of carbonyl (C=O) groups is 2. The number of ether oxygens (including phenoxy) is 2. The first-order chi connectivity index (χ1) is 12.4. The Morgan fingerprint density at radius 3 is 2.88 bits per heavy atom. The van der Waals surface area contributed by atoms with Crippen molar-refractivity contribution in [1.29, 1.82) is 0 Å². The molecule has 26 heavy (non-hydrogen) atoms. The third-order valence-electron chi connectivity index (χ3n) is 4.76. The topological polar surface area (TPSA) is 67.9 Å². The van der Waals surface area contributed by atoms with Crippen LogP contribution >= 0.6 is 0 Å². The maximum atomic E-state index is 13.6. The lowest BCUT2D eigenvalue weighted by Gasteiger charge is -2.50. The number of esters is 1. The zero-order chi connectivity index (χ0) is 18.5. The lowest BCUT2D eigenvalue weighted by atomic mass is 9.89. The number of urea groups is 1. The minimum atomic E-state index is -0.972. The van der Waals surface area contributed by atoms with E-state index >= 15 is 0 Å². The Morgan fingerprint density at radius 2 is 2.15 bits per heavy atom. The van der Waals surface area contributed by atoms with E-state index in [-0.39, 0.29) is 12.1 Å². The summed E-state index contributed by atoms with van der Waals surface area (Å²) in [6.07, 6.45) is 0.451. The number of benzene rings is 2. The first-order valence-corrected chi connectivity index (χ1v) is 8.19. The van der Waals surface area contributed by atoms with E-state index in [9.17, 15) is 14.0 Å². The van der Waals surface area contributed by atoms with Crippen LogP contribution in [0, 0.1) is 5.82 Å². The van der Waals surface area contributed by atoms with Gasteiger partial charge in [-0.05, 0) is 43.3 Å². The van der Waals surface area contributed by atoms with Crippen molar-refractivity contribution in [3.63, 3.8) is 0 Å². The highest BCUT2D eigenvalue weighted by atomic mass is 19.1. The molecule has 0 aromatic heterocycles. The molecule has 0 spiro atoms. The molecule has 2 atom stereocenters. The number of carbonyl (C=O) groups excluding carboxylic acids is 2. The molecule has 0 unspecified atom stereocenters. The van der Waals surface area contributed by atoms with Crippen LogP contribution in [0.4, 0.5) is 14.9 Å². The Labute approximate surface area is 149 Å². The minimum absolute atomic E-state index is 0.314. The lowest BCUT2D eigenvalue weighted by molar-refractivity contribution is 0.0377. The molecule has 2 aromatic rings. The van der Waals surface area contributed by atoms with E-state index in [0.717, 1.165) is 5.56 Å². The van der Waals surface area contributed by atoms with Gasteiger partial charge in [-0.2, -0.15) is 0 Å². The maximum absolute atomic E-state index is 13.6. The van der Waals surface area contributed by atoms with Gasteiger partial charge in [-0.1, -0.05) is 6.07 Å². The van der Waals surface area contributed by atoms with Crippen LogP contribution in [0.25, 0.3) is 0 Å². The molecular formula is C19H17FN2O4. The molecule has 2 heterocycles. The van der Waals surface area contributed by atoms with Crippen LogP contribution in [0.3, 0.4) is 0 Å². The van der Waals surface area contributed by atoms with Gasteiger partial charge in [-0.15, -0.1) is 0 Å². The van der Waals surface area contributed by atoms with E-state index in [4.69, 9.17) is 9.47 Å². The summed E-state index contributed by atoms with van der Waals surface area (Å²) < 4.78 is 24.5. The molecule has 2 aliphatic heterocycles. The molecule has 1 saturated heterocycles. The van der Waals surface area contributed by atoms with Gasteiger partial charge in [0, 0.05) is 12.0 Å². The maximum Gasteiger partial charge on any atom is 0.337 e. The Bertz CT molecular complexity index is 916. The van der Waals surface area contributed by atoms with E-state index in [1.165, 1.54) is 24.1 Å². The number of halogens is 1. The quantitative estimate of drug-likeness (QED) is 0.838. The summed E-state index contributed by atoms with van der Waals surface area (Å²) in [5.41, 5.74) is 0.552. The molecular weight excluding hydrogens is 339 g/mol. The summed E-state index contributed by atoms with van der Waals surface area (Å²) in [6.45, 7) is 1.79. The minimum Gasteiger partial charge on any atom is -0.467 e. The second kappa shape index (κ2) is 5.72. The molecule has 0 saturated carbocycles. The van der Waals surface area contributed by atoms with Crippen LogP contribution in [-0.2, 0) is 4.74 Å². The molecule has 0 radical (unpaired) electrons. The van der Waals surface area contributed by atoms with Gasteiger partial charge in [0.05, 0.1) is 24.4 Å². The number of rotatable bonds is 2. The number of methoxy groups -OCH3 is 1. The number of amides is 2. The van der Waals surface area contributed by atoms with Gasteiger partial charge < -0.3 is 14.8 Å². The summed E-state index contributed by atoms with van der Waals surface area (Å²) in [5, 5.41) is 2.91. The standard InChI is InChI=1S/C19H17FN2O4/c1-19-10-15(14-8-11(17(23)25-2)6-7-16(14)26-19)21-18(24)22(19)13-5-3-4-12(20)9-13/h3-9,15H,10H2,1-2H3,(H,21,24)/t15-,19-/m1/s1. The number of fused-ring (bicyclic) bond motifs is 4. The molecule has 2 bridgehead atoms. The Hall–Kier alpha value is -3.09. The highest BCUT2D eigenvalue weighted by molar-refractivity contribution is 5.95. The van der Waals surface area contributed by atoms with Crippen molar-refractivity contribution in [3.05, 3.63) is 59.4 Å². The summed E-state index contributed by atoms with van der Waals surface area (Å²) >= 11 is 0. The van der Waals surface area contributed by atoms with Gasteiger partial charge in [0.2, 0.25) is 0 Å². The van der Waals surface area contributed by atoms with Crippen LogP contribution < -0.4 is 15.0 Å². The molecule has 7 heteroatoms. The zero-order valence-corrected chi connectivity index (χ0v) is 14.3. The van der Waals surface area contributed by atoms with Crippen LogP contribution in [0.1, 0.15) is 35.3 Å². The Morgan fingerprint density at radius 1 is 1.35 bits per heavy atom. The Balaban J connectivity index is 1.76. The molecule has 1 N–H and O–H groups in total. The molecule has 4 rings (SSSR count). The van der Waals surface area contributed by atoms with Gasteiger partial charge in [0.1, 0.15) is 11.6 Å². The predicted octanol–water partition coefficient (Wildman–Crippen LogP) is 3.38. The summed E-state index contributed by atoms with van der Waals surface area (Å²) in [5.74, 6) is -0.317. The fourth-order valence-corrected chi connectivity index (χ4v) is 3.63. The number of hydrogen-bond acceptors (Lipinski definition) is 4. The van der Waals surface area contributed by atoms with E-state index in [0.29, 0.717) is 23.4 Å². The van der Waals surface area contributed by atoms with Crippen molar-refractivity contribution in [2.45, 2.75) is 25.1 Å². The number of anilines is 1. The molecule has 134 valence electrons. The first kappa shape index (κ1) is 16.4. The fraction of sp³-hybridized carbons (Fsp3) is 0.263. The average Bonchev–Trinajstić information content (AvgIpc) is 2.60. The van der Waals surface area contributed by atoms with Crippen LogP contribution in [0.2, 0.25) is 0 Å².